The topological polar surface area (TPSA) is 111 Å². The number of nitrogens with one attached hydrogen (secondary N) is 1. The second-order valence-corrected chi connectivity index (χ2v) is 12.5. The maximum atomic E-state index is 13.4. The lowest BCUT2D eigenvalue weighted by molar-refractivity contribution is -0.376. The first kappa shape index (κ1) is 33.8. The van der Waals surface area contributed by atoms with E-state index in [2.05, 4.69) is 15.2 Å². The molecular formula is C24H26ClF8N3O5S. The molecule has 8 nitrogen and oxygen atoms in total. The fourth-order valence-electron chi connectivity index (χ4n) is 4.78. The van der Waals surface area contributed by atoms with Crippen molar-refractivity contribution in [2.75, 3.05) is 12.8 Å². The zero-order chi connectivity index (χ0) is 31.8. The van der Waals surface area contributed by atoms with Crippen molar-refractivity contribution in [2.24, 2.45) is 5.92 Å². The standard InChI is InChI=1S/C24H26ClF8N3O5S/c1-3-36-19(17(25)18(35-36)20(37)34-11-12-4-7-14(8-5-12)42(2,39)40)15-9-6-13(10-16(15)41-21(26)27)22(38,23(28,29)30)24(31,32)33/h6,9-10,12,14,21,38H,3-5,7-8,11H2,1-2H3,(H,34,37)/t12-,14-. The number of rotatable bonds is 9. The summed E-state index contributed by atoms with van der Waals surface area (Å²) in [5.74, 6) is -2.06. The minimum atomic E-state index is -6.28. The van der Waals surface area contributed by atoms with Crippen LogP contribution >= 0.6 is 11.6 Å². The van der Waals surface area contributed by atoms with Gasteiger partial charge < -0.3 is 15.2 Å². The van der Waals surface area contributed by atoms with Crippen LogP contribution in [-0.2, 0) is 22.0 Å². The van der Waals surface area contributed by atoms with Gasteiger partial charge in [0.25, 0.3) is 11.5 Å². The average molecular weight is 656 g/mol. The van der Waals surface area contributed by atoms with Gasteiger partial charge >= 0.3 is 19.0 Å². The van der Waals surface area contributed by atoms with Crippen molar-refractivity contribution in [3.05, 3.63) is 34.5 Å². The summed E-state index contributed by atoms with van der Waals surface area (Å²) in [7, 11) is -3.20. The van der Waals surface area contributed by atoms with Crippen molar-refractivity contribution in [3.8, 4) is 17.0 Å². The molecule has 0 unspecified atom stereocenters. The summed E-state index contributed by atoms with van der Waals surface area (Å²) < 4.78 is 135. The number of halogens is 9. The molecule has 1 amide bonds. The maximum absolute atomic E-state index is 13.4. The molecule has 1 heterocycles. The number of aryl methyl sites for hydroxylation is 1. The zero-order valence-electron chi connectivity index (χ0n) is 22.0. The maximum Gasteiger partial charge on any atom is 0.430 e. The third-order valence-electron chi connectivity index (χ3n) is 7.05. The van der Waals surface area contributed by atoms with E-state index in [1.165, 1.54) is 6.92 Å². The number of aromatic nitrogens is 2. The van der Waals surface area contributed by atoms with Crippen LogP contribution in [0.5, 0.6) is 5.75 Å². The first-order valence-corrected chi connectivity index (χ1v) is 14.7. The van der Waals surface area contributed by atoms with E-state index in [0.29, 0.717) is 31.7 Å². The number of hydrogen-bond acceptors (Lipinski definition) is 6. The van der Waals surface area contributed by atoms with Gasteiger partial charge in [0.2, 0.25) is 0 Å². The number of nitrogens with zero attached hydrogens (tertiary/aromatic N) is 2. The third kappa shape index (κ3) is 6.77. The Balaban J connectivity index is 1.97. The van der Waals surface area contributed by atoms with E-state index in [4.69, 9.17) is 11.6 Å². The highest BCUT2D eigenvalue weighted by Crippen LogP contribution is 2.51. The fraction of sp³-hybridized carbons (Fsp3) is 0.583. The van der Waals surface area contributed by atoms with Crippen LogP contribution in [0.15, 0.2) is 18.2 Å². The van der Waals surface area contributed by atoms with Crippen LogP contribution in [0.2, 0.25) is 5.02 Å². The predicted molar refractivity (Wildman–Crippen MR) is 134 cm³/mol. The van der Waals surface area contributed by atoms with E-state index in [1.807, 2.05) is 0 Å². The molecule has 0 spiro atoms. The third-order valence-corrected chi connectivity index (χ3v) is 9.09. The molecule has 0 bridgehead atoms. The molecule has 1 fully saturated rings. The van der Waals surface area contributed by atoms with Gasteiger partial charge in [0.05, 0.1) is 16.0 Å². The van der Waals surface area contributed by atoms with E-state index >= 15 is 0 Å². The monoisotopic (exact) mass is 655 g/mol. The largest absolute Gasteiger partial charge is 0.434 e. The number of sulfone groups is 1. The molecule has 236 valence electrons. The minimum Gasteiger partial charge on any atom is -0.434 e. The van der Waals surface area contributed by atoms with Crippen LogP contribution in [0, 0.1) is 5.92 Å². The van der Waals surface area contributed by atoms with Gasteiger partial charge in [-0.2, -0.15) is 40.2 Å². The molecule has 0 atom stereocenters. The van der Waals surface area contributed by atoms with Crippen LogP contribution in [0.25, 0.3) is 11.3 Å². The van der Waals surface area contributed by atoms with Crippen molar-refractivity contribution in [1.29, 1.82) is 0 Å². The molecule has 1 saturated carbocycles. The molecule has 1 aliphatic rings. The van der Waals surface area contributed by atoms with Crippen molar-refractivity contribution < 1.29 is 58.2 Å². The van der Waals surface area contributed by atoms with Crippen LogP contribution in [-0.4, -0.2) is 66.2 Å². The molecule has 18 heteroatoms. The quantitative estimate of drug-likeness (QED) is 0.347. The molecule has 2 aromatic rings. The summed E-state index contributed by atoms with van der Waals surface area (Å²) in [5.41, 5.74) is -8.51. The minimum absolute atomic E-state index is 0.0294. The van der Waals surface area contributed by atoms with Crippen molar-refractivity contribution >= 4 is 27.3 Å². The first-order chi connectivity index (χ1) is 19.2. The SMILES string of the molecule is CCn1nc(C(=O)NC[C@H]2CC[C@H](S(C)(=O)=O)CC2)c(Cl)c1-c1ccc(C(O)(C(F)(F)F)C(F)(F)F)cc1OC(F)F. The van der Waals surface area contributed by atoms with Crippen molar-refractivity contribution in [3.63, 3.8) is 0 Å². The smallest absolute Gasteiger partial charge is 0.430 e. The van der Waals surface area contributed by atoms with Crippen LogP contribution in [0.3, 0.4) is 0 Å². The molecule has 0 saturated heterocycles. The Kier molecular flexibility index (Phi) is 9.79. The summed E-state index contributed by atoms with van der Waals surface area (Å²) in [6.07, 6.45) is -9.56. The summed E-state index contributed by atoms with van der Waals surface area (Å²) in [6, 6.07) is 0.759. The highest BCUT2D eigenvalue weighted by Gasteiger charge is 2.71. The van der Waals surface area contributed by atoms with Gasteiger partial charge in [0.1, 0.15) is 15.6 Å². The average Bonchev–Trinajstić information content (AvgIpc) is 3.20. The molecule has 3 rings (SSSR count). The van der Waals surface area contributed by atoms with E-state index < -0.39 is 73.2 Å². The van der Waals surface area contributed by atoms with Gasteiger partial charge in [-0.05, 0) is 50.7 Å². The van der Waals surface area contributed by atoms with Gasteiger partial charge in [-0.15, -0.1) is 0 Å². The Morgan fingerprint density at radius 1 is 1.14 bits per heavy atom. The van der Waals surface area contributed by atoms with Gasteiger partial charge in [0.15, 0.2) is 5.69 Å². The van der Waals surface area contributed by atoms with E-state index in [1.54, 1.807) is 0 Å². The lowest BCUT2D eigenvalue weighted by Crippen LogP contribution is -2.53. The van der Waals surface area contributed by atoms with Gasteiger partial charge in [-0.25, -0.2) is 8.42 Å². The number of aliphatic hydroxyl groups is 1. The Morgan fingerprint density at radius 2 is 1.71 bits per heavy atom. The molecule has 1 aromatic carbocycles. The Bertz CT molecular complexity index is 1390. The summed E-state index contributed by atoms with van der Waals surface area (Å²) in [5, 5.41) is 15.4. The van der Waals surface area contributed by atoms with Gasteiger partial charge in [-0.3, -0.25) is 9.48 Å². The van der Waals surface area contributed by atoms with E-state index in [-0.39, 0.29) is 36.8 Å². The normalized spacial score (nSPS) is 18.8. The molecule has 2 N–H and O–H groups in total. The lowest BCUT2D eigenvalue weighted by atomic mass is 9.89. The summed E-state index contributed by atoms with van der Waals surface area (Å²) in [6.45, 7) is -2.16. The van der Waals surface area contributed by atoms with Crippen LogP contribution in [0.4, 0.5) is 35.1 Å². The lowest BCUT2D eigenvalue weighted by Gasteiger charge is -2.33. The fourth-order valence-corrected chi connectivity index (χ4v) is 6.23. The van der Waals surface area contributed by atoms with Crippen LogP contribution in [0.1, 0.15) is 48.7 Å². The molecular weight excluding hydrogens is 630 g/mol. The van der Waals surface area contributed by atoms with Crippen molar-refractivity contribution in [2.45, 2.75) is 69.0 Å². The Morgan fingerprint density at radius 3 is 2.19 bits per heavy atom. The predicted octanol–water partition coefficient (Wildman–Crippen LogP) is 5.47. The second kappa shape index (κ2) is 12.1. The molecule has 42 heavy (non-hydrogen) atoms. The number of carbonyl (C=O) groups is 1. The molecule has 1 aliphatic carbocycles. The number of alkyl halides is 8. The highest BCUT2D eigenvalue weighted by atomic mass is 35.5. The van der Waals surface area contributed by atoms with Gasteiger partial charge in [0, 0.05) is 30.5 Å². The number of benzene rings is 1. The molecule has 0 radical (unpaired) electrons. The van der Waals surface area contributed by atoms with Crippen molar-refractivity contribution in [1.82, 2.24) is 15.1 Å². The summed E-state index contributed by atoms with van der Waals surface area (Å²) >= 11 is 6.35. The number of ether oxygens (including phenoxy) is 1. The molecule has 1 aromatic heterocycles. The Hall–Kier alpha value is -2.66. The number of hydrogen-bond donors (Lipinski definition) is 2. The van der Waals surface area contributed by atoms with Gasteiger partial charge in [-0.1, -0.05) is 17.7 Å². The van der Waals surface area contributed by atoms with E-state index in [0.717, 1.165) is 10.9 Å². The van der Waals surface area contributed by atoms with E-state index in [9.17, 15) is 53.4 Å². The number of amides is 1. The van der Waals surface area contributed by atoms with Crippen LogP contribution < -0.4 is 10.1 Å². The molecule has 0 aliphatic heterocycles. The summed E-state index contributed by atoms with van der Waals surface area (Å²) in [4.78, 5) is 12.9. The second-order valence-electron chi connectivity index (χ2n) is 9.80. The Labute approximate surface area is 239 Å². The first-order valence-electron chi connectivity index (χ1n) is 12.4. The zero-order valence-corrected chi connectivity index (χ0v) is 23.6. The number of carbonyl (C=O) groups excluding carboxylic acids is 1. The highest BCUT2D eigenvalue weighted by molar-refractivity contribution is 7.91.